The van der Waals surface area contributed by atoms with Crippen LogP contribution in [0.4, 0.5) is 5.88 Å². The van der Waals surface area contributed by atoms with E-state index in [4.69, 9.17) is 4.42 Å². The number of hydrogen-bond acceptors (Lipinski definition) is 3. The molecule has 152 valence electrons. The number of carbonyl (C=O) groups is 1. The molecule has 4 nitrogen and oxygen atoms in total. The maximum atomic E-state index is 12.9. The Bertz CT molecular complexity index is 1230. The zero-order chi connectivity index (χ0) is 21.8. The molecule has 0 aliphatic rings. The number of carbonyl (C=O) groups excluding carboxylic acids is 1. The van der Waals surface area contributed by atoms with Gasteiger partial charge < -0.3 is 4.42 Å². The van der Waals surface area contributed by atoms with Crippen LogP contribution in [0.15, 0.2) is 89.3 Å². The second-order valence-corrected chi connectivity index (χ2v) is 7.58. The molecule has 0 bridgehead atoms. The Morgan fingerprint density at radius 2 is 1.45 bits per heavy atom. The molecule has 0 unspecified atom stereocenters. The number of hydrogen-bond donors (Lipinski definition) is 1. The van der Waals surface area contributed by atoms with E-state index < -0.39 is 0 Å². The van der Waals surface area contributed by atoms with Crippen LogP contribution in [0.1, 0.15) is 41.3 Å². The molecule has 0 saturated carbocycles. The van der Waals surface area contributed by atoms with Gasteiger partial charge >= 0.3 is 0 Å². The van der Waals surface area contributed by atoms with Crippen molar-refractivity contribution in [2.24, 2.45) is 0 Å². The Labute approximate surface area is 181 Å². The first kappa shape index (κ1) is 20.2. The van der Waals surface area contributed by atoms with Gasteiger partial charge in [0.25, 0.3) is 5.91 Å². The third-order valence-electron chi connectivity index (χ3n) is 5.19. The third-order valence-corrected chi connectivity index (χ3v) is 5.19. The largest absolute Gasteiger partial charge is 0.438 e. The molecule has 1 N–H and O–H groups in total. The Balaban J connectivity index is 1.77. The van der Waals surface area contributed by atoms with Crippen molar-refractivity contribution in [3.05, 3.63) is 102 Å². The van der Waals surface area contributed by atoms with Crippen molar-refractivity contribution in [2.45, 2.75) is 19.8 Å². The summed E-state index contributed by atoms with van der Waals surface area (Å²) < 4.78 is 6.08. The van der Waals surface area contributed by atoms with Crippen LogP contribution in [0.2, 0.25) is 0 Å². The van der Waals surface area contributed by atoms with Crippen LogP contribution in [0.3, 0.4) is 0 Å². The zero-order valence-corrected chi connectivity index (χ0v) is 17.4. The highest BCUT2D eigenvalue weighted by molar-refractivity contribution is 6.05. The van der Waals surface area contributed by atoms with Gasteiger partial charge in [0.1, 0.15) is 17.4 Å². The third kappa shape index (κ3) is 4.12. The first-order valence-electron chi connectivity index (χ1n) is 10.2. The van der Waals surface area contributed by atoms with Gasteiger partial charge in [0.05, 0.1) is 0 Å². The van der Waals surface area contributed by atoms with E-state index in [1.54, 1.807) is 12.1 Å². The summed E-state index contributed by atoms with van der Waals surface area (Å²) in [6.45, 7) is 4.21. The molecule has 0 radical (unpaired) electrons. The minimum Gasteiger partial charge on any atom is -0.438 e. The molecule has 0 spiro atoms. The van der Waals surface area contributed by atoms with E-state index in [1.165, 1.54) is 0 Å². The molecular formula is C27H22N2O2. The summed E-state index contributed by atoms with van der Waals surface area (Å²) in [4.78, 5) is 12.9. The van der Waals surface area contributed by atoms with Crippen molar-refractivity contribution >= 4 is 11.8 Å². The highest BCUT2D eigenvalue weighted by Gasteiger charge is 2.24. The van der Waals surface area contributed by atoms with Gasteiger partial charge in [-0.2, -0.15) is 5.26 Å². The summed E-state index contributed by atoms with van der Waals surface area (Å²) in [5.74, 6) is 0.765. The molecule has 0 fully saturated rings. The van der Waals surface area contributed by atoms with Gasteiger partial charge in [-0.3, -0.25) is 10.1 Å². The van der Waals surface area contributed by atoms with Crippen molar-refractivity contribution < 1.29 is 9.21 Å². The van der Waals surface area contributed by atoms with Gasteiger partial charge in [-0.1, -0.05) is 86.6 Å². The molecule has 1 heterocycles. The SMILES string of the molecule is CC(C)c1ccc(C(=O)Nc2oc(-c3ccccc3)c(-c3ccccc3)c2C#N)cc1. The van der Waals surface area contributed by atoms with Crippen LogP contribution in [-0.2, 0) is 0 Å². The molecule has 4 rings (SSSR count). The Morgan fingerprint density at radius 3 is 2.00 bits per heavy atom. The van der Waals surface area contributed by atoms with E-state index in [2.05, 4.69) is 25.2 Å². The van der Waals surface area contributed by atoms with Gasteiger partial charge in [0, 0.05) is 16.7 Å². The first-order valence-corrected chi connectivity index (χ1v) is 10.2. The van der Waals surface area contributed by atoms with Crippen molar-refractivity contribution in [1.29, 1.82) is 5.26 Å². The highest BCUT2D eigenvalue weighted by Crippen LogP contribution is 2.41. The average Bonchev–Trinajstić information content (AvgIpc) is 3.18. The number of nitrogens with one attached hydrogen (secondary N) is 1. The van der Waals surface area contributed by atoms with Crippen LogP contribution < -0.4 is 5.32 Å². The van der Waals surface area contributed by atoms with E-state index >= 15 is 0 Å². The van der Waals surface area contributed by atoms with Crippen molar-refractivity contribution in [3.63, 3.8) is 0 Å². The van der Waals surface area contributed by atoms with E-state index in [-0.39, 0.29) is 11.8 Å². The Hall–Kier alpha value is -4.10. The van der Waals surface area contributed by atoms with E-state index in [1.807, 2.05) is 72.8 Å². The molecule has 1 amide bonds. The fourth-order valence-electron chi connectivity index (χ4n) is 3.49. The summed E-state index contributed by atoms with van der Waals surface area (Å²) in [5.41, 5.74) is 4.32. The molecule has 0 saturated heterocycles. The van der Waals surface area contributed by atoms with Crippen molar-refractivity contribution in [2.75, 3.05) is 5.32 Å². The predicted octanol–water partition coefficient (Wildman–Crippen LogP) is 6.86. The van der Waals surface area contributed by atoms with Crippen LogP contribution in [-0.4, -0.2) is 5.91 Å². The number of nitrogens with zero attached hydrogens (tertiary/aromatic N) is 1. The lowest BCUT2D eigenvalue weighted by Crippen LogP contribution is -2.12. The number of benzene rings is 3. The standard InChI is InChI=1S/C27H22N2O2/c1-18(2)19-13-15-22(16-14-19)26(30)29-27-23(17-28)24(20-9-5-3-6-10-20)25(31-27)21-11-7-4-8-12-21/h3-16,18H,1-2H3,(H,29,30). The topological polar surface area (TPSA) is 66.0 Å². The molecule has 4 aromatic rings. The normalized spacial score (nSPS) is 10.6. The lowest BCUT2D eigenvalue weighted by molar-refractivity contribution is 0.102. The average molecular weight is 406 g/mol. The van der Waals surface area contributed by atoms with Crippen LogP contribution in [0, 0.1) is 11.3 Å². The second kappa shape index (κ2) is 8.73. The van der Waals surface area contributed by atoms with Gasteiger partial charge in [0.2, 0.25) is 5.88 Å². The van der Waals surface area contributed by atoms with E-state index in [0.29, 0.717) is 28.4 Å². The quantitative estimate of drug-likeness (QED) is 0.394. The second-order valence-electron chi connectivity index (χ2n) is 7.58. The molecule has 31 heavy (non-hydrogen) atoms. The predicted molar refractivity (Wildman–Crippen MR) is 123 cm³/mol. The minimum atomic E-state index is -0.320. The van der Waals surface area contributed by atoms with Crippen LogP contribution in [0.5, 0.6) is 0 Å². The molecule has 4 heteroatoms. The van der Waals surface area contributed by atoms with Gasteiger partial charge in [-0.25, -0.2) is 0 Å². The summed E-state index contributed by atoms with van der Waals surface area (Å²) in [5, 5.41) is 12.7. The lowest BCUT2D eigenvalue weighted by Gasteiger charge is -2.07. The number of nitriles is 1. The molecular weight excluding hydrogens is 384 g/mol. The summed E-state index contributed by atoms with van der Waals surface area (Å²) >= 11 is 0. The molecule has 3 aromatic carbocycles. The summed E-state index contributed by atoms with van der Waals surface area (Å²) in [7, 11) is 0. The van der Waals surface area contributed by atoms with Crippen LogP contribution >= 0.6 is 0 Å². The maximum Gasteiger partial charge on any atom is 0.258 e. The Morgan fingerprint density at radius 1 is 0.871 bits per heavy atom. The number of rotatable bonds is 5. The summed E-state index contributed by atoms with van der Waals surface area (Å²) in [6.07, 6.45) is 0. The monoisotopic (exact) mass is 406 g/mol. The van der Waals surface area contributed by atoms with Crippen molar-refractivity contribution in [3.8, 4) is 28.5 Å². The number of amides is 1. The van der Waals surface area contributed by atoms with Crippen LogP contribution in [0.25, 0.3) is 22.5 Å². The zero-order valence-electron chi connectivity index (χ0n) is 17.4. The lowest BCUT2D eigenvalue weighted by atomic mass is 9.98. The minimum absolute atomic E-state index is 0.151. The highest BCUT2D eigenvalue weighted by atomic mass is 16.4. The number of furan rings is 1. The van der Waals surface area contributed by atoms with E-state index in [0.717, 1.165) is 16.7 Å². The van der Waals surface area contributed by atoms with Gasteiger partial charge in [0.15, 0.2) is 0 Å². The summed E-state index contributed by atoms with van der Waals surface area (Å²) in [6, 6.07) is 28.9. The molecule has 0 aliphatic heterocycles. The Kier molecular flexibility index (Phi) is 5.68. The maximum absolute atomic E-state index is 12.9. The first-order chi connectivity index (χ1) is 15.1. The number of anilines is 1. The van der Waals surface area contributed by atoms with Gasteiger partial charge in [-0.15, -0.1) is 0 Å². The van der Waals surface area contributed by atoms with Crippen molar-refractivity contribution in [1.82, 2.24) is 0 Å². The fourth-order valence-corrected chi connectivity index (χ4v) is 3.49. The molecule has 0 atom stereocenters. The van der Waals surface area contributed by atoms with Gasteiger partial charge in [-0.05, 0) is 29.2 Å². The fraction of sp³-hybridized carbons (Fsp3) is 0.111. The molecule has 0 aliphatic carbocycles. The van der Waals surface area contributed by atoms with E-state index in [9.17, 15) is 10.1 Å². The molecule has 1 aromatic heterocycles. The smallest absolute Gasteiger partial charge is 0.258 e.